The molecule has 4 nitrogen and oxygen atoms in total. The van der Waals surface area contributed by atoms with E-state index < -0.39 is 35.2 Å². The van der Waals surface area contributed by atoms with E-state index in [1.165, 1.54) is 0 Å². The van der Waals surface area contributed by atoms with Crippen LogP contribution in [0, 0.1) is 11.3 Å². The first-order valence-corrected chi connectivity index (χ1v) is 7.79. The molecule has 2 N–H and O–H groups in total. The number of nitrogens with one attached hydrogen (secondary N) is 2. The van der Waals surface area contributed by atoms with Gasteiger partial charge in [-0.25, -0.2) is 4.79 Å². The Balaban J connectivity index is 2.10. The Morgan fingerprint density at radius 1 is 1.23 bits per heavy atom. The Morgan fingerprint density at radius 2 is 1.82 bits per heavy atom. The second-order valence-electron chi connectivity index (χ2n) is 7.49. The van der Waals surface area contributed by atoms with Gasteiger partial charge < -0.3 is 15.4 Å². The molecule has 2 rings (SSSR count). The molecule has 2 atom stereocenters. The van der Waals surface area contributed by atoms with Gasteiger partial charge in [-0.2, -0.15) is 13.2 Å². The lowest BCUT2D eigenvalue weighted by Crippen LogP contribution is -2.50. The largest absolute Gasteiger partial charge is 0.444 e. The summed E-state index contributed by atoms with van der Waals surface area (Å²) in [6.07, 6.45) is -3.48. The number of rotatable bonds is 1. The molecule has 2 fully saturated rings. The number of hydrogen-bond acceptors (Lipinski definition) is 3. The Labute approximate surface area is 129 Å². The fraction of sp³-hybridized carbons (Fsp3) is 0.933. The minimum Gasteiger partial charge on any atom is -0.444 e. The van der Waals surface area contributed by atoms with Crippen molar-refractivity contribution in [3.63, 3.8) is 0 Å². The van der Waals surface area contributed by atoms with E-state index in [1.54, 1.807) is 20.8 Å². The van der Waals surface area contributed by atoms with Gasteiger partial charge in [0.1, 0.15) is 5.60 Å². The van der Waals surface area contributed by atoms with Crippen LogP contribution in [0.15, 0.2) is 0 Å². The second kappa shape index (κ2) is 5.91. The van der Waals surface area contributed by atoms with Gasteiger partial charge in [-0.15, -0.1) is 0 Å². The summed E-state index contributed by atoms with van der Waals surface area (Å²) in [5, 5.41) is 5.89. The molecule has 22 heavy (non-hydrogen) atoms. The first-order chi connectivity index (χ1) is 10.0. The average Bonchev–Trinajstić information content (AvgIpc) is 2.66. The first kappa shape index (κ1) is 17.4. The zero-order chi connectivity index (χ0) is 16.6. The van der Waals surface area contributed by atoms with Crippen LogP contribution < -0.4 is 10.6 Å². The van der Waals surface area contributed by atoms with Gasteiger partial charge in [0.05, 0.1) is 5.92 Å². The van der Waals surface area contributed by atoms with Crippen molar-refractivity contribution in [2.75, 3.05) is 13.1 Å². The molecule has 7 heteroatoms. The maximum atomic E-state index is 13.1. The maximum absolute atomic E-state index is 13.1. The minimum absolute atomic E-state index is 0.0528. The van der Waals surface area contributed by atoms with Crippen molar-refractivity contribution in [3.05, 3.63) is 0 Å². The molecular formula is C15H25F3N2O2. The summed E-state index contributed by atoms with van der Waals surface area (Å²) in [5.41, 5.74) is -1.13. The molecule has 0 aromatic heterocycles. The highest BCUT2D eigenvalue weighted by molar-refractivity contribution is 5.68. The number of hydrogen-bond donors (Lipinski definition) is 2. The summed E-state index contributed by atoms with van der Waals surface area (Å²) >= 11 is 0. The molecule has 1 saturated carbocycles. The fourth-order valence-corrected chi connectivity index (χ4v) is 3.64. The number of halogens is 3. The summed E-state index contributed by atoms with van der Waals surface area (Å²) in [6.45, 7) is 6.59. The molecule has 0 bridgehead atoms. The lowest BCUT2D eigenvalue weighted by atomic mass is 9.74. The van der Waals surface area contributed by atoms with Crippen molar-refractivity contribution in [1.29, 1.82) is 0 Å². The van der Waals surface area contributed by atoms with Crippen molar-refractivity contribution >= 4 is 6.09 Å². The summed E-state index contributed by atoms with van der Waals surface area (Å²) in [4.78, 5) is 12.0. The molecule has 0 aromatic rings. The average molecular weight is 322 g/mol. The zero-order valence-electron chi connectivity index (χ0n) is 13.3. The highest BCUT2D eigenvalue weighted by atomic mass is 19.4. The van der Waals surface area contributed by atoms with E-state index in [0.29, 0.717) is 25.9 Å². The van der Waals surface area contributed by atoms with Crippen LogP contribution in [0.1, 0.15) is 46.5 Å². The van der Waals surface area contributed by atoms with Crippen LogP contribution in [0.4, 0.5) is 18.0 Å². The second-order valence-corrected chi connectivity index (χ2v) is 7.49. The number of alkyl carbamates (subject to hydrolysis) is 1. The zero-order valence-corrected chi connectivity index (χ0v) is 13.3. The molecular weight excluding hydrogens is 297 g/mol. The smallest absolute Gasteiger partial charge is 0.407 e. The van der Waals surface area contributed by atoms with Crippen LogP contribution in [-0.2, 0) is 4.74 Å². The summed E-state index contributed by atoms with van der Waals surface area (Å²) in [6, 6.07) is -0.476. The molecule has 1 saturated heterocycles. The van der Waals surface area contributed by atoms with Gasteiger partial charge in [0, 0.05) is 6.04 Å². The number of piperidine rings is 1. The van der Waals surface area contributed by atoms with Crippen molar-refractivity contribution in [2.45, 2.75) is 64.3 Å². The van der Waals surface area contributed by atoms with Crippen LogP contribution in [0.3, 0.4) is 0 Å². The van der Waals surface area contributed by atoms with Gasteiger partial charge in [0.25, 0.3) is 0 Å². The van der Waals surface area contributed by atoms with Crippen molar-refractivity contribution in [2.24, 2.45) is 11.3 Å². The Morgan fingerprint density at radius 3 is 2.32 bits per heavy atom. The van der Waals surface area contributed by atoms with E-state index in [2.05, 4.69) is 10.6 Å². The monoisotopic (exact) mass is 322 g/mol. The Kier molecular flexibility index (Phi) is 4.66. The van der Waals surface area contributed by atoms with Crippen LogP contribution >= 0.6 is 0 Å². The van der Waals surface area contributed by atoms with Gasteiger partial charge in [0.15, 0.2) is 0 Å². The third kappa shape index (κ3) is 4.06. The SMILES string of the molecule is CC(C)(C)OC(=O)N[C@@H]1C[C@@H](C(F)(F)F)CC12CCNCC2. The van der Waals surface area contributed by atoms with Gasteiger partial charge >= 0.3 is 12.3 Å². The van der Waals surface area contributed by atoms with E-state index in [4.69, 9.17) is 4.74 Å². The molecule has 128 valence electrons. The van der Waals surface area contributed by atoms with Crippen LogP contribution in [0.5, 0.6) is 0 Å². The van der Waals surface area contributed by atoms with Gasteiger partial charge in [0.2, 0.25) is 0 Å². The molecule has 1 aliphatic heterocycles. The molecule has 2 aliphatic rings. The van der Waals surface area contributed by atoms with E-state index in [1.807, 2.05) is 0 Å². The number of ether oxygens (including phenoxy) is 1. The van der Waals surface area contributed by atoms with Crippen molar-refractivity contribution < 1.29 is 22.7 Å². The lowest BCUT2D eigenvalue weighted by Gasteiger charge is -2.39. The van der Waals surface area contributed by atoms with E-state index >= 15 is 0 Å². The van der Waals surface area contributed by atoms with E-state index in [9.17, 15) is 18.0 Å². The standard InChI is InChI=1S/C15H25F3N2O2/c1-13(2,3)22-12(21)20-11-8-10(15(16,17)18)9-14(11)4-6-19-7-5-14/h10-11,19H,4-9H2,1-3H3,(H,20,21)/t10-,11-/m1/s1. The molecule has 1 spiro atoms. The lowest BCUT2D eigenvalue weighted by molar-refractivity contribution is -0.175. The van der Waals surface area contributed by atoms with Gasteiger partial charge in [-0.3, -0.25) is 0 Å². The molecule has 0 radical (unpaired) electrons. The Hall–Kier alpha value is -0.980. The molecule has 0 aromatic carbocycles. The minimum atomic E-state index is -4.21. The first-order valence-electron chi connectivity index (χ1n) is 7.79. The maximum Gasteiger partial charge on any atom is 0.407 e. The number of carbonyl (C=O) groups excluding carboxylic acids is 1. The van der Waals surface area contributed by atoms with Gasteiger partial charge in [-0.1, -0.05) is 0 Å². The highest BCUT2D eigenvalue weighted by Crippen LogP contribution is 2.52. The normalized spacial score (nSPS) is 28.6. The summed E-state index contributed by atoms with van der Waals surface area (Å²) in [7, 11) is 0. The molecule has 1 aliphatic carbocycles. The quantitative estimate of drug-likeness (QED) is 0.779. The number of alkyl halides is 3. The predicted octanol–water partition coefficient (Wildman–Crippen LogP) is 3.22. The third-order valence-electron chi connectivity index (χ3n) is 4.67. The van der Waals surface area contributed by atoms with E-state index in [-0.39, 0.29) is 12.8 Å². The summed E-state index contributed by atoms with van der Waals surface area (Å²) in [5.74, 6) is -1.34. The fourth-order valence-electron chi connectivity index (χ4n) is 3.64. The highest BCUT2D eigenvalue weighted by Gasteiger charge is 2.56. The predicted molar refractivity (Wildman–Crippen MR) is 76.5 cm³/mol. The van der Waals surface area contributed by atoms with Crippen LogP contribution in [-0.4, -0.2) is 37.0 Å². The molecule has 0 unspecified atom stereocenters. The number of amides is 1. The van der Waals surface area contributed by atoms with Crippen LogP contribution in [0.25, 0.3) is 0 Å². The van der Waals surface area contributed by atoms with Crippen LogP contribution in [0.2, 0.25) is 0 Å². The third-order valence-corrected chi connectivity index (χ3v) is 4.67. The summed E-state index contributed by atoms with van der Waals surface area (Å²) < 4.78 is 44.6. The Bertz CT molecular complexity index is 412. The van der Waals surface area contributed by atoms with Crippen molar-refractivity contribution in [1.82, 2.24) is 10.6 Å². The van der Waals surface area contributed by atoms with Crippen molar-refractivity contribution in [3.8, 4) is 0 Å². The topological polar surface area (TPSA) is 50.4 Å². The number of carbonyl (C=O) groups is 1. The van der Waals surface area contributed by atoms with Gasteiger partial charge in [-0.05, 0) is 65.0 Å². The van der Waals surface area contributed by atoms with E-state index in [0.717, 1.165) is 0 Å². The molecule has 1 amide bonds. The molecule has 1 heterocycles.